The molecule has 5 rings (SSSR count). The number of hydrogen-bond donors (Lipinski definition) is 2. The van der Waals surface area contributed by atoms with Gasteiger partial charge < -0.3 is 14.8 Å². The van der Waals surface area contributed by atoms with Crippen LogP contribution in [0.4, 0.5) is 5.69 Å². The molecule has 0 bridgehead atoms. The van der Waals surface area contributed by atoms with E-state index in [9.17, 15) is 4.79 Å². The van der Waals surface area contributed by atoms with Gasteiger partial charge in [0.2, 0.25) is 5.91 Å². The van der Waals surface area contributed by atoms with Gasteiger partial charge in [0.1, 0.15) is 12.4 Å². The number of benzene rings is 2. The van der Waals surface area contributed by atoms with E-state index < -0.39 is 0 Å². The van der Waals surface area contributed by atoms with Gasteiger partial charge in [0, 0.05) is 36.8 Å². The van der Waals surface area contributed by atoms with Gasteiger partial charge in [-0.3, -0.25) is 4.79 Å². The van der Waals surface area contributed by atoms with Crippen LogP contribution in [0.5, 0.6) is 0 Å². The molecule has 6 heteroatoms. The summed E-state index contributed by atoms with van der Waals surface area (Å²) in [6.45, 7) is 4.91. The van der Waals surface area contributed by atoms with Gasteiger partial charge in [0.25, 0.3) is 0 Å². The van der Waals surface area contributed by atoms with Crippen molar-refractivity contribution in [2.45, 2.75) is 26.3 Å². The van der Waals surface area contributed by atoms with E-state index in [1.807, 2.05) is 65.5 Å². The third-order valence-electron chi connectivity index (χ3n) is 6.49. The first-order valence-electron chi connectivity index (χ1n) is 11.6. The van der Waals surface area contributed by atoms with Crippen molar-refractivity contribution in [2.24, 2.45) is 5.92 Å². The minimum Gasteiger partial charge on any atom is -0.331 e. The van der Waals surface area contributed by atoms with Gasteiger partial charge >= 0.3 is 0 Å². The van der Waals surface area contributed by atoms with Crippen molar-refractivity contribution in [3.63, 3.8) is 0 Å². The number of para-hydroxylation sites is 1. The number of rotatable bonds is 6. The highest BCUT2D eigenvalue weighted by Gasteiger charge is 2.29. The summed E-state index contributed by atoms with van der Waals surface area (Å²) < 4.78 is 4.15. The molecule has 0 saturated carbocycles. The highest BCUT2D eigenvalue weighted by atomic mass is 16.1. The Labute approximate surface area is 194 Å². The van der Waals surface area contributed by atoms with Crippen LogP contribution in [0.25, 0.3) is 11.5 Å². The summed E-state index contributed by atoms with van der Waals surface area (Å²) in [6.07, 6.45) is 7.93. The highest BCUT2D eigenvalue weighted by molar-refractivity contribution is 5.92. The van der Waals surface area contributed by atoms with Gasteiger partial charge in [-0.05, 0) is 43.3 Å². The first kappa shape index (κ1) is 21.2. The van der Waals surface area contributed by atoms with Crippen molar-refractivity contribution < 1.29 is 9.69 Å². The van der Waals surface area contributed by atoms with E-state index in [0.717, 1.165) is 49.7 Å². The zero-order chi connectivity index (χ0) is 22.6. The van der Waals surface area contributed by atoms with Gasteiger partial charge in [-0.1, -0.05) is 35.9 Å². The van der Waals surface area contributed by atoms with Gasteiger partial charge in [-0.2, -0.15) is 5.10 Å². The van der Waals surface area contributed by atoms with Gasteiger partial charge in [0.15, 0.2) is 0 Å². The first-order valence-corrected chi connectivity index (χ1v) is 11.6. The van der Waals surface area contributed by atoms with Gasteiger partial charge in [-0.15, -0.1) is 0 Å². The van der Waals surface area contributed by atoms with Crippen LogP contribution in [0, 0.1) is 12.8 Å². The number of nitrogens with zero attached hydrogens (tertiary/aromatic N) is 3. The molecule has 33 heavy (non-hydrogen) atoms. The molecule has 6 nitrogen and oxygen atoms in total. The van der Waals surface area contributed by atoms with Crippen molar-refractivity contribution >= 4 is 11.6 Å². The predicted molar refractivity (Wildman–Crippen MR) is 130 cm³/mol. The van der Waals surface area contributed by atoms with Gasteiger partial charge in [0.05, 0.1) is 30.5 Å². The summed E-state index contributed by atoms with van der Waals surface area (Å²) in [5, 5.41) is 7.81. The highest BCUT2D eigenvalue weighted by Crippen LogP contribution is 2.20. The summed E-state index contributed by atoms with van der Waals surface area (Å²) in [4.78, 5) is 14.2. The lowest BCUT2D eigenvalue weighted by molar-refractivity contribution is -0.919. The van der Waals surface area contributed by atoms with Crippen LogP contribution in [0.15, 0.2) is 85.3 Å². The Kier molecular flexibility index (Phi) is 6.09. The topological polar surface area (TPSA) is 56.3 Å². The van der Waals surface area contributed by atoms with Crippen LogP contribution < -0.4 is 10.2 Å². The molecule has 2 aromatic carbocycles. The smallest absolute Gasteiger partial charge is 0.227 e. The molecule has 0 aliphatic carbocycles. The molecule has 3 heterocycles. The van der Waals surface area contributed by atoms with Crippen LogP contribution in [0.1, 0.15) is 24.0 Å². The molecule has 4 aromatic rings. The molecule has 1 aliphatic heterocycles. The van der Waals surface area contributed by atoms with Crippen molar-refractivity contribution in [3.8, 4) is 11.5 Å². The molecule has 0 radical (unpaired) electrons. The molecule has 2 N–H and O–H groups in total. The molecule has 168 valence electrons. The van der Waals surface area contributed by atoms with Crippen molar-refractivity contribution in [1.82, 2.24) is 14.3 Å². The second kappa shape index (κ2) is 9.46. The Bertz CT molecular complexity index is 1190. The first-order chi connectivity index (χ1) is 16.2. The Balaban J connectivity index is 1.26. The predicted octanol–water partition coefficient (Wildman–Crippen LogP) is 3.41. The maximum Gasteiger partial charge on any atom is 0.227 e. The maximum atomic E-state index is 12.8. The monoisotopic (exact) mass is 440 g/mol. The molecule has 1 saturated heterocycles. The second-order valence-electron chi connectivity index (χ2n) is 8.89. The number of amides is 1. The fourth-order valence-corrected chi connectivity index (χ4v) is 4.63. The molecular weight excluding hydrogens is 410 g/mol. The lowest BCUT2D eigenvalue weighted by atomic mass is 9.95. The zero-order valence-corrected chi connectivity index (χ0v) is 18.9. The van der Waals surface area contributed by atoms with E-state index in [0.29, 0.717) is 0 Å². The minimum atomic E-state index is 0.0750. The van der Waals surface area contributed by atoms with Crippen molar-refractivity contribution in [2.75, 3.05) is 18.4 Å². The minimum absolute atomic E-state index is 0.0750. The van der Waals surface area contributed by atoms with E-state index in [4.69, 9.17) is 5.10 Å². The van der Waals surface area contributed by atoms with Crippen LogP contribution >= 0.6 is 0 Å². The molecule has 2 aromatic heterocycles. The summed E-state index contributed by atoms with van der Waals surface area (Å²) >= 11 is 0. The zero-order valence-electron chi connectivity index (χ0n) is 18.9. The Morgan fingerprint density at radius 1 is 1.00 bits per heavy atom. The van der Waals surface area contributed by atoms with E-state index in [1.165, 1.54) is 16.0 Å². The summed E-state index contributed by atoms with van der Waals surface area (Å²) in [6, 6.07) is 22.3. The van der Waals surface area contributed by atoms with Crippen LogP contribution in [-0.4, -0.2) is 33.3 Å². The standard InChI is InChI=1S/C27H29N5O/c1-21-9-11-24(12-10-21)29-26(33)22-13-17-30(18-14-22)20-23-19-28-32(25-7-3-2-4-8-25)27(23)31-15-5-6-16-31/h2-12,15-16,19,22H,13-14,17-18,20H2,1H3,(H,29,33)/p+1. The number of carbonyl (C=O) groups is 1. The van der Waals surface area contributed by atoms with E-state index in [-0.39, 0.29) is 11.8 Å². The SMILES string of the molecule is Cc1ccc(NC(=O)C2CC[NH+](Cc3cnn(-c4ccccc4)c3-n3cccc3)CC2)cc1. The number of nitrogens with one attached hydrogen (secondary N) is 2. The third kappa shape index (κ3) is 4.76. The van der Waals surface area contributed by atoms with Crippen molar-refractivity contribution in [1.29, 1.82) is 0 Å². The Morgan fingerprint density at radius 3 is 2.39 bits per heavy atom. The normalized spacial score (nSPS) is 18.2. The van der Waals surface area contributed by atoms with Crippen LogP contribution in [-0.2, 0) is 11.3 Å². The number of anilines is 1. The number of likely N-dealkylation sites (tertiary alicyclic amines) is 1. The summed E-state index contributed by atoms with van der Waals surface area (Å²) in [5.74, 6) is 1.30. The average molecular weight is 441 g/mol. The summed E-state index contributed by atoms with van der Waals surface area (Å²) in [5.41, 5.74) is 4.34. The molecule has 1 fully saturated rings. The van der Waals surface area contributed by atoms with E-state index in [1.54, 1.807) is 0 Å². The number of carbonyl (C=O) groups excluding carboxylic acids is 1. The Hall–Kier alpha value is -3.64. The molecule has 0 unspecified atom stereocenters. The largest absolute Gasteiger partial charge is 0.331 e. The third-order valence-corrected chi connectivity index (χ3v) is 6.49. The van der Waals surface area contributed by atoms with E-state index in [2.05, 4.69) is 41.3 Å². The molecule has 1 amide bonds. The van der Waals surface area contributed by atoms with Crippen LogP contribution in [0.2, 0.25) is 0 Å². The number of piperidine rings is 1. The van der Waals surface area contributed by atoms with E-state index >= 15 is 0 Å². The number of quaternary nitrogens is 1. The molecule has 0 spiro atoms. The molecule has 0 atom stereocenters. The van der Waals surface area contributed by atoms with Gasteiger partial charge in [-0.25, -0.2) is 4.68 Å². The van der Waals surface area contributed by atoms with Crippen molar-refractivity contribution in [3.05, 3.63) is 96.4 Å². The summed E-state index contributed by atoms with van der Waals surface area (Å²) in [7, 11) is 0. The fraction of sp³-hybridized carbons (Fsp3) is 0.259. The molecule has 1 aliphatic rings. The van der Waals surface area contributed by atoms with Crippen LogP contribution in [0.3, 0.4) is 0 Å². The second-order valence-corrected chi connectivity index (χ2v) is 8.89. The quantitative estimate of drug-likeness (QED) is 0.483. The fourth-order valence-electron chi connectivity index (χ4n) is 4.63. The average Bonchev–Trinajstić information content (AvgIpc) is 3.51. The molecular formula is C27H30N5O+. The lowest BCUT2D eigenvalue weighted by Crippen LogP contribution is -3.11. The Morgan fingerprint density at radius 2 is 1.70 bits per heavy atom. The number of hydrogen-bond acceptors (Lipinski definition) is 2. The number of aromatic nitrogens is 3. The lowest BCUT2D eigenvalue weighted by Gasteiger charge is -2.28. The maximum absolute atomic E-state index is 12.8. The number of aryl methyl sites for hydroxylation is 1.